The molecule has 0 heterocycles. The number of sulfonamides is 1. The van der Waals surface area contributed by atoms with E-state index >= 15 is 0 Å². The Morgan fingerprint density at radius 1 is 1.11 bits per heavy atom. The summed E-state index contributed by atoms with van der Waals surface area (Å²) in [7, 11) is -3.60. The first-order chi connectivity index (χ1) is 13.4. The SMILES string of the molecule is C=CCN(C(=O)COC(=O)c1ccc(S(=O)(=O)NCC)cc1)c1ccccc1. The van der Waals surface area contributed by atoms with Crippen molar-refractivity contribution in [2.24, 2.45) is 0 Å². The van der Waals surface area contributed by atoms with Gasteiger partial charge in [0.2, 0.25) is 10.0 Å². The maximum atomic E-state index is 12.4. The van der Waals surface area contributed by atoms with Crippen LogP contribution in [-0.4, -0.2) is 40.0 Å². The molecule has 0 aliphatic carbocycles. The van der Waals surface area contributed by atoms with E-state index in [2.05, 4.69) is 11.3 Å². The van der Waals surface area contributed by atoms with Gasteiger partial charge in [-0.05, 0) is 36.4 Å². The maximum absolute atomic E-state index is 12.4. The van der Waals surface area contributed by atoms with Crippen molar-refractivity contribution in [3.05, 3.63) is 72.8 Å². The molecule has 0 fully saturated rings. The Labute approximate surface area is 164 Å². The average Bonchev–Trinajstić information content (AvgIpc) is 2.70. The van der Waals surface area contributed by atoms with Gasteiger partial charge in [-0.2, -0.15) is 0 Å². The van der Waals surface area contributed by atoms with Crippen LogP contribution in [0.5, 0.6) is 0 Å². The largest absolute Gasteiger partial charge is 0.452 e. The lowest BCUT2D eigenvalue weighted by Gasteiger charge is -2.21. The van der Waals surface area contributed by atoms with Crippen LogP contribution in [-0.2, 0) is 19.6 Å². The number of benzene rings is 2. The number of amides is 1. The number of nitrogens with one attached hydrogen (secondary N) is 1. The van der Waals surface area contributed by atoms with Gasteiger partial charge in [0.05, 0.1) is 10.5 Å². The molecule has 8 heteroatoms. The second kappa shape index (κ2) is 9.82. The fourth-order valence-electron chi connectivity index (χ4n) is 2.42. The van der Waals surface area contributed by atoms with Crippen molar-refractivity contribution >= 4 is 27.6 Å². The number of ether oxygens (including phenoxy) is 1. The summed E-state index contributed by atoms with van der Waals surface area (Å²) < 4.78 is 31.3. The molecule has 0 atom stereocenters. The van der Waals surface area contributed by atoms with Crippen molar-refractivity contribution in [2.45, 2.75) is 11.8 Å². The van der Waals surface area contributed by atoms with Crippen molar-refractivity contribution in [1.29, 1.82) is 0 Å². The molecule has 0 saturated carbocycles. The van der Waals surface area contributed by atoms with Crippen LogP contribution >= 0.6 is 0 Å². The van der Waals surface area contributed by atoms with E-state index in [1.54, 1.807) is 37.3 Å². The van der Waals surface area contributed by atoms with Gasteiger partial charge in [0, 0.05) is 18.8 Å². The zero-order valence-corrected chi connectivity index (χ0v) is 16.3. The summed E-state index contributed by atoms with van der Waals surface area (Å²) in [5.74, 6) is -1.11. The quantitative estimate of drug-likeness (QED) is 0.513. The van der Waals surface area contributed by atoms with E-state index in [0.29, 0.717) is 5.69 Å². The lowest BCUT2D eigenvalue weighted by atomic mass is 10.2. The van der Waals surface area contributed by atoms with E-state index in [9.17, 15) is 18.0 Å². The van der Waals surface area contributed by atoms with Crippen LogP contribution in [0.25, 0.3) is 0 Å². The van der Waals surface area contributed by atoms with Crippen LogP contribution in [0.2, 0.25) is 0 Å². The minimum Gasteiger partial charge on any atom is -0.452 e. The molecule has 0 aliphatic heterocycles. The van der Waals surface area contributed by atoms with Crippen molar-refractivity contribution in [3.8, 4) is 0 Å². The van der Waals surface area contributed by atoms with Gasteiger partial charge in [-0.25, -0.2) is 17.9 Å². The van der Waals surface area contributed by atoms with Crippen molar-refractivity contribution < 1.29 is 22.7 Å². The summed E-state index contributed by atoms with van der Waals surface area (Å²) in [6, 6.07) is 14.3. The van der Waals surface area contributed by atoms with Gasteiger partial charge in [0.25, 0.3) is 5.91 Å². The number of para-hydroxylation sites is 1. The Morgan fingerprint density at radius 3 is 2.32 bits per heavy atom. The Hall–Kier alpha value is -2.97. The van der Waals surface area contributed by atoms with Crippen LogP contribution < -0.4 is 9.62 Å². The topological polar surface area (TPSA) is 92.8 Å². The summed E-state index contributed by atoms with van der Waals surface area (Å²) >= 11 is 0. The smallest absolute Gasteiger partial charge is 0.338 e. The third-order valence-electron chi connectivity index (χ3n) is 3.74. The molecule has 1 N–H and O–H groups in total. The third kappa shape index (κ3) is 5.51. The van der Waals surface area contributed by atoms with Gasteiger partial charge >= 0.3 is 5.97 Å². The summed E-state index contributed by atoms with van der Waals surface area (Å²) in [6.07, 6.45) is 1.58. The van der Waals surface area contributed by atoms with Crippen LogP contribution in [0.3, 0.4) is 0 Å². The molecule has 0 aliphatic rings. The summed E-state index contributed by atoms with van der Waals surface area (Å²) in [5.41, 5.74) is 0.819. The minimum atomic E-state index is -3.60. The number of esters is 1. The predicted molar refractivity (Wildman–Crippen MR) is 107 cm³/mol. The lowest BCUT2D eigenvalue weighted by Crippen LogP contribution is -2.34. The molecule has 1 amide bonds. The first-order valence-corrected chi connectivity index (χ1v) is 10.1. The summed E-state index contributed by atoms with van der Waals surface area (Å²) in [4.78, 5) is 26.1. The van der Waals surface area contributed by atoms with E-state index < -0.39 is 28.5 Å². The van der Waals surface area contributed by atoms with Gasteiger partial charge in [-0.3, -0.25) is 4.79 Å². The number of nitrogens with zero attached hydrogens (tertiary/aromatic N) is 1. The molecule has 2 aromatic carbocycles. The van der Waals surface area contributed by atoms with Gasteiger partial charge in [0.1, 0.15) is 0 Å². The molecule has 148 valence electrons. The van der Waals surface area contributed by atoms with E-state index in [1.165, 1.54) is 29.2 Å². The van der Waals surface area contributed by atoms with E-state index in [0.717, 1.165) is 0 Å². The Balaban J connectivity index is 2.02. The number of hydrogen-bond acceptors (Lipinski definition) is 5. The maximum Gasteiger partial charge on any atom is 0.338 e. The van der Waals surface area contributed by atoms with Crippen LogP contribution in [0.4, 0.5) is 5.69 Å². The van der Waals surface area contributed by atoms with Gasteiger partial charge < -0.3 is 9.64 Å². The number of rotatable bonds is 9. The fraction of sp³-hybridized carbons (Fsp3) is 0.200. The van der Waals surface area contributed by atoms with Gasteiger partial charge in [0.15, 0.2) is 6.61 Å². The molecule has 0 aromatic heterocycles. The van der Waals surface area contributed by atoms with Crippen LogP contribution in [0.1, 0.15) is 17.3 Å². The van der Waals surface area contributed by atoms with E-state index in [1.807, 2.05) is 6.07 Å². The molecule has 2 rings (SSSR count). The first-order valence-electron chi connectivity index (χ1n) is 8.62. The normalized spacial score (nSPS) is 10.9. The third-order valence-corrected chi connectivity index (χ3v) is 5.30. The zero-order valence-electron chi connectivity index (χ0n) is 15.5. The van der Waals surface area contributed by atoms with E-state index in [4.69, 9.17) is 4.74 Å². The van der Waals surface area contributed by atoms with Crippen molar-refractivity contribution in [2.75, 3.05) is 24.6 Å². The number of carbonyl (C=O) groups excluding carboxylic acids is 2. The highest BCUT2D eigenvalue weighted by molar-refractivity contribution is 7.89. The fourth-order valence-corrected chi connectivity index (χ4v) is 3.46. The number of anilines is 1. The molecule has 2 aromatic rings. The Bertz CT molecular complexity index is 925. The molecule has 7 nitrogen and oxygen atoms in total. The van der Waals surface area contributed by atoms with Gasteiger partial charge in [-0.1, -0.05) is 31.2 Å². The molecule has 28 heavy (non-hydrogen) atoms. The molecule has 0 bridgehead atoms. The molecule has 0 unspecified atom stereocenters. The monoisotopic (exact) mass is 402 g/mol. The summed E-state index contributed by atoms with van der Waals surface area (Å²) in [5, 5.41) is 0. The second-order valence-electron chi connectivity index (χ2n) is 5.73. The number of carbonyl (C=O) groups is 2. The molecule has 0 radical (unpaired) electrons. The Morgan fingerprint density at radius 2 is 1.75 bits per heavy atom. The van der Waals surface area contributed by atoms with Crippen molar-refractivity contribution in [3.63, 3.8) is 0 Å². The highest BCUT2D eigenvalue weighted by atomic mass is 32.2. The molecule has 0 saturated heterocycles. The predicted octanol–water partition coefficient (Wildman–Crippen LogP) is 2.36. The summed E-state index contributed by atoms with van der Waals surface area (Å²) in [6.45, 7) is 5.40. The van der Waals surface area contributed by atoms with E-state index in [-0.39, 0.29) is 23.5 Å². The standard InChI is InChI=1S/C20H22N2O5S/c1-3-14-22(17-8-6-5-7-9-17)19(23)15-27-20(24)16-10-12-18(13-11-16)28(25,26)21-4-2/h3,5-13,21H,1,4,14-15H2,2H3. The first kappa shape index (κ1) is 21.3. The second-order valence-corrected chi connectivity index (χ2v) is 7.50. The van der Waals surface area contributed by atoms with Crippen LogP contribution in [0, 0.1) is 0 Å². The molecule has 0 spiro atoms. The zero-order chi connectivity index (χ0) is 20.6. The highest BCUT2D eigenvalue weighted by Gasteiger charge is 2.18. The number of hydrogen-bond donors (Lipinski definition) is 1. The lowest BCUT2D eigenvalue weighted by molar-refractivity contribution is -0.121. The Kier molecular flexibility index (Phi) is 7.48. The van der Waals surface area contributed by atoms with Crippen LogP contribution in [0.15, 0.2) is 72.1 Å². The highest BCUT2D eigenvalue weighted by Crippen LogP contribution is 2.14. The van der Waals surface area contributed by atoms with Crippen molar-refractivity contribution in [1.82, 2.24) is 4.72 Å². The molecular formula is C20H22N2O5S. The molecular weight excluding hydrogens is 380 g/mol. The average molecular weight is 402 g/mol. The van der Waals surface area contributed by atoms with Gasteiger partial charge in [-0.15, -0.1) is 6.58 Å². The minimum absolute atomic E-state index is 0.0446.